The van der Waals surface area contributed by atoms with Gasteiger partial charge in [0.05, 0.1) is 13.2 Å². The highest BCUT2D eigenvalue weighted by Crippen LogP contribution is 2.20. The van der Waals surface area contributed by atoms with Gasteiger partial charge < -0.3 is 24.8 Å². The van der Waals surface area contributed by atoms with Gasteiger partial charge >= 0.3 is 12.1 Å². The number of rotatable bonds is 9. The fourth-order valence-corrected chi connectivity index (χ4v) is 3.14. The third-order valence-corrected chi connectivity index (χ3v) is 4.62. The lowest BCUT2D eigenvalue weighted by Gasteiger charge is -2.22. The summed E-state index contributed by atoms with van der Waals surface area (Å²) >= 11 is 0. The van der Waals surface area contributed by atoms with Crippen molar-refractivity contribution in [2.24, 2.45) is 0 Å². The Balaban J connectivity index is 1.56. The van der Waals surface area contributed by atoms with E-state index in [9.17, 15) is 19.5 Å². The summed E-state index contributed by atoms with van der Waals surface area (Å²) in [5.41, 5.74) is 0.924. The van der Waals surface area contributed by atoms with Gasteiger partial charge in [-0.1, -0.05) is 36.8 Å². The lowest BCUT2D eigenvalue weighted by atomic mass is 10.1. The first-order valence-electron chi connectivity index (χ1n) is 9.51. The number of benzene rings is 1. The summed E-state index contributed by atoms with van der Waals surface area (Å²) in [7, 11) is 1.27. The van der Waals surface area contributed by atoms with Crippen LogP contribution in [0, 0.1) is 0 Å². The highest BCUT2D eigenvalue weighted by Gasteiger charge is 2.39. The minimum Gasteiger partial charge on any atom is -0.467 e. The van der Waals surface area contributed by atoms with Gasteiger partial charge in [-0.3, -0.25) is 4.79 Å². The van der Waals surface area contributed by atoms with Crippen LogP contribution in [0.3, 0.4) is 0 Å². The SMILES string of the molecule is COC(=O)C1CC(O)CN1C(=O)CCCCCNC(=O)OCc1ccccc1. The molecule has 1 aromatic carbocycles. The molecule has 2 atom stereocenters. The Morgan fingerprint density at radius 1 is 1.18 bits per heavy atom. The Morgan fingerprint density at radius 3 is 2.64 bits per heavy atom. The molecule has 0 spiro atoms. The Hall–Kier alpha value is -2.61. The summed E-state index contributed by atoms with van der Waals surface area (Å²) in [5.74, 6) is -0.662. The van der Waals surface area contributed by atoms with Gasteiger partial charge in [0.2, 0.25) is 5.91 Å². The molecule has 0 aliphatic carbocycles. The van der Waals surface area contributed by atoms with Gasteiger partial charge in [0.15, 0.2) is 0 Å². The summed E-state index contributed by atoms with van der Waals surface area (Å²) < 4.78 is 9.81. The number of nitrogens with one attached hydrogen (secondary N) is 1. The molecule has 0 aromatic heterocycles. The van der Waals surface area contributed by atoms with Crippen molar-refractivity contribution in [1.82, 2.24) is 10.2 Å². The second kappa shape index (κ2) is 11.3. The molecule has 2 rings (SSSR count). The molecule has 0 bridgehead atoms. The lowest BCUT2D eigenvalue weighted by Crippen LogP contribution is -2.41. The van der Waals surface area contributed by atoms with E-state index in [2.05, 4.69) is 5.32 Å². The molecule has 1 aliphatic heterocycles. The number of hydrogen-bond donors (Lipinski definition) is 2. The first-order valence-corrected chi connectivity index (χ1v) is 9.51. The monoisotopic (exact) mass is 392 g/mol. The maximum Gasteiger partial charge on any atom is 0.407 e. The van der Waals surface area contributed by atoms with E-state index >= 15 is 0 Å². The normalized spacial score (nSPS) is 18.6. The third-order valence-electron chi connectivity index (χ3n) is 4.62. The molecule has 0 saturated carbocycles. The summed E-state index contributed by atoms with van der Waals surface area (Å²) in [5, 5.41) is 12.4. The molecule has 2 amide bonds. The molecular formula is C20H28N2O6. The molecule has 2 unspecified atom stereocenters. The second-order valence-electron chi connectivity index (χ2n) is 6.77. The van der Waals surface area contributed by atoms with Crippen LogP contribution < -0.4 is 5.32 Å². The summed E-state index contributed by atoms with van der Waals surface area (Å²) in [6.07, 6.45) is 1.46. The minimum absolute atomic E-state index is 0.160. The zero-order valence-corrected chi connectivity index (χ0v) is 16.1. The molecular weight excluding hydrogens is 364 g/mol. The molecule has 154 valence electrons. The average molecular weight is 392 g/mol. The van der Waals surface area contributed by atoms with Crippen molar-refractivity contribution in [3.05, 3.63) is 35.9 Å². The largest absolute Gasteiger partial charge is 0.467 e. The number of esters is 1. The van der Waals surface area contributed by atoms with Crippen LogP contribution in [0.2, 0.25) is 0 Å². The van der Waals surface area contributed by atoms with Crippen LogP contribution in [0.4, 0.5) is 4.79 Å². The zero-order chi connectivity index (χ0) is 20.4. The van der Waals surface area contributed by atoms with E-state index in [0.29, 0.717) is 19.4 Å². The van der Waals surface area contributed by atoms with E-state index in [1.165, 1.54) is 12.0 Å². The highest BCUT2D eigenvalue weighted by molar-refractivity contribution is 5.85. The molecule has 1 aromatic rings. The quantitative estimate of drug-likeness (QED) is 0.489. The molecule has 8 nitrogen and oxygen atoms in total. The first kappa shape index (κ1) is 21.7. The number of ether oxygens (including phenoxy) is 2. The maximum absolute atomic E-state index is 12.3. The summed E-state index contributed by atoms with van der Waals surface area (Å²) in [6, 6.07) is 8.73. The number of alkyl carbamates (subject to hydrolysis) is 1. The van der Waals surface area contributed by atoms with Crippen LogP contribution >= 0.6 is 0 Å². The molecule has 1 heterocycles. The zero-order valence-electron chi connectivity index (χ0n) is 16.1. The number of nitrogens with zero attached hydrogens (tertiary/aromatic N) is 1. The van der Waals surface area contributed by atoms with Crippen molar-refractivity contribution in [3.8, 4) is 0 Å². The van der Waals surface area contributed by atoms with Crippen molar-refractivity contribution in [3.63, 3.8) is 0 Å². The molecule has 28 heavy (non-hydrogen) atoms. The van der Waals surface area contributed by atoms with Gasteiger partial charge in [0.1, 0.15) is 12.6 Å². The van der Waals surface area contributed by atoms with Gasteiger partial charge in [-0.25, -0.2) is 9.59 Å². The number of unbranched alkanes of at least 4 members (excludes halogenated alkanes) is 2. The van der Waals surface area contributed by atoms with Gasteiger partial charge in [-0.05, 0) is 18.4 Å². The van der Waals surface area contributed by atoms with E-state index in [1.54, 1.807) is 0 Å². The Labute approximate surface area is 164 Å². The number of carbonyl (C=O) groups is 3. The fourth-order valence-electron chi connectivity index (χ4n) is 3.14. The van der Waals surface area contributed by atoms with Crippen molar-refractivity contribution in [2.75, 3.05) is 20.2 Å². The van der Waals surface area contributed by atoms with Gasteiger partial charge in [0.25, 0.3) is 0 Å². The predicted molar refractivity (Wildman–Crippen MR) is 101 cm³/mol. The molecule has 1 saturated heterocycles. The van der Waals surface area contributed by atoms with Crippen LogP contribution in [-0.2, 0) is 25.7 Å². The summed E-state index contributed by atoms with van der Waals surface area (Å²) in [6.45, 7) is 0.854. The Morgan fingerprint density at radius 2 is 1.93 bits per heavy atom. The van der Waals surface area contributed by atoms with Crippen molar-refractivity contribution in [1.29, 1.82) is 0 Å². The van der Waals surface area contributed by atoms with Crippen LogP contribution in [0.1, 0.15) is 37.7 Å². The Bertz CT molecular complexity index is 651. The highest BCUT2D eigenvalue weighted by atomic mass is 16.5. The second-order valence-corrected chi connectivity index (χ2v) is 6.77. The number of likely N-dealkylation sites (tertiary alicyclic amines) is 1. The molecule has 0 radical (unpaired) electrons. The number of aliphatic hydroxyl groups excluding tert-OH is 1. The number of amides is 2. The number of β-amino-alcohol motifs (C(OH)–C–C–N with tert-alkyl or cyclic N) is 1. The van der Waals surface area contributed by atoms with Crippen molar-refractivity contribution >= 4 is 18.0 Å². The van der Waals surface area contributed by atoms with Crippen LogP contribution in [-0.4, -0.2) is 60.3 Å². The van der Waals surface area contributed by atoms with E-state index in [4.69, 9.17) is 9.47 Å². The first-order chi connectivity index (χ1) is 13.5. The number of carbonyl (C=O) groups excluding carboxylic acids is 3. The molecule has 1 aliphatic rings. The van der Waals surface area contributed by atoms with E-state index in [0.717, 1.165) is 18.4 Å². The van der Waals surface area contributed by atoms with Crippen molar-refractivity contribution < 1.29 is 29.0 Å². The number of aliphatic hydroxyl groups is 1. The van der Waals surface area contributed by atoms with E-state index in [-0.39, 0.29) is 25.5 Å². The van der Waals surface area contributed by atoms with E-state index < -0.39 is 24.2 Å². The smallest absolute Gasteiger partial charge is 0.407 e. The lowest BCUT2D eigenvalue weighted by molar-refractivity contribution is -0.151. The van der Waals surface area contributed by atoms with Gasteiger partial charge in [-0.15, -0.1) is 0 Å². The third kappa shape index (κ3) is 6.84. The van der Waals surface area contributed by atoms with Crippen molar-refractivity contribution in [2.45, 2.75) is 50.9 Å². The van der Waals surface area contributed by atoms with Crippen LogP contribution in [0.5, 0.6) is 0 Å². The summed E-state index contributed by atoms with van der Waals surface area (Å²) in [4.78, 5) is 37.0. The van der Waals surface area contributed by atoms with Gasteiger partial charge in [-0.2, -0.15) is 0 Å². The average Bonchev–Trinajstić information content (AvgIpc) is 3.10. The molecule has 1 fully saturated rings. The number of methoxy groups -OCH3 is 1. The predicted octanol–water partition coefficient (Wildman–Crippen LogP) is 1.61. The maximum atomic E-state index is 12.3. The van der Waals surface area contributed by atoms with Crippen LogP contribution in [0.25, 0.3) is 0 Å². The minimum atomic E-state index is -0.700. The van der Waals surface area contributed by atoms with Gasteiger partial charge in [0, 0.05) is 25.9 Å². The number of hydrogen-bond acceptors (Lipinski definition) is 6. The standard InChI is InChI=1S/C20H28N2O6/c1-27-19(25)17-12-16(23)13-22(17)18(24)10-6-3-7-11-21-20(26)28-14-15-8-4-2-5-9-15/h2,4-5,8-9,16-17,23H,3,6-7,10-14H2,1H3,(H,21,26). The van der Waals surface area contributed by atoms with E-state index in [1.807, 2.05) is 30.3 Å². The topological polar surface area (TPSA) is 105 Å². The fraction of sp³-hybridized carbons (Fsp3) is 0.550. The van der Waals surface area contributed by atoms with Crippen LogP contribution in [0.15, 0.2) is 30.3 Å². The Kier molecular flexibility index (Phi) is 8.74. The molecule has 8 heteroatoms. The molecule has 2 N–H and O–H groups in total.